The van der Waals surface area contributed by atoms with Gasteiger partial charge in [0.15, 0.2) is 0 Å². The molecule has 0 fully saturated rings. The predicted octanol–water partition coefficient (Wildman–Crippen LogP) is 2.76. The van der Waals surface area contributed by atoms with Crippen molar-refractivity contribution < 1.29 is 4.42 Å². The van der Waals surface area contributed by atoms with Crippen LogP contribution in [0.25, 0.3) is 10.2 Å². The number of rotatable bonds is 3. The number of aryl methyl sites for hydroxylation is 3. The molecule has 5 nitrogen and oxygen atoms in total. The summed E-state index contributed by atoms with van der Waals surface area (Å²) >= 11 is 1.62. The molecule has 0 unspecified atom stereocenters. The normalized spacial score (nSPS) is 14.3. The van der Waals surface area contributed by atoms with E-state index in [1.165, 1.54) is 9.44 Å². The van der Waals surface area contributed by atoms with Crippen molar-refractivity contribution in [3.8, 4) is 0 Å². The number of hydrogen-bond acceptors (Lipinski definition) is 4. The summed E-state index contributed by atoms with van der Waals surface area (Å²) in [6.45, 7) is 2.69. The second kappa shape index (κ2) is 5.53. The lowest BCUT2D eigenvalue weighted by Crippen LogP contribution is -2.39. The van der Waals surface area contributed by atoms with Gasteiger partial charge in [-0.05, 0) is 50.3 Å². The summed E-state index contributed by atoms with van der Waals surface area (Å²) < 4.78 is 8.36. The molecule has 0 amide bonds. The number of thiophene rings is 1. The average Bonchev–Trinajstić information content (AvgIpc) is 3.19. The molecule has 0 radical (unpaired) electrons. The fourth-order valence-corrected chi connectivity index (χ4v) is 4.83. The molecule has 3 aromatic rings. The molecule has 0 aliphatic heterocycles. The van der Waals surface area contributed by atoms with Crippen LogP contribution in [0.4, 0.5) is 0 Å². The van der Waals surface area contributed by atoms with Crippen LogP contribution in [0.2, 0.25) is 0 Å². The molecule has 6 heteroatoms. The Morgan fingerprint density at radius 3 is 2.78 bits per heavy atom. The van der Waals surface area contributed by atoms with Crippen molar-refractivity contribution in [2.75, 3.05) is 0 Å². The lowest BCUT2D eigenvalue weighted by molar-refractivity contribution is 0.478. The maximum Gasteiger partial charge on any atom is 0.332 e. The molecular weight excluding hydrogens is 312 g/mol. The largest absolute Gasteiger partial charge is 0.467 e. The Labute approximate surface area is 136 Å². The maximum absolute atomic E-state index is 13.0. The van der Waals surface area contributed by atoms with Gasteiger partial charge < -0.3 is 4.42 Å². The lowest BCUT2D eigenvalue weighted by atomic mass is 9.97. The Balaban J connectivity index is 2.03. The molecule has 0 saturated carbocycles. The number of fused-ring (bicyclic) bond motifs is 3. The van der Waals surface area contributed by atoms with Crippen molar-refractivity contribution in [1.82, 2.24) is 9.13 Å². The molecule has 0 aromatic carbocycles. The first kappa shape index (κ1) is 14.5. The lowest BCUT2D eigenvalue weighted by Gasteiger charge is -2.11. The van der Waals surface area contributed by atoms with E-state index in [0.717, 1.165) is 41.5 Å². The summed E-state index contributed by atoms with van der Waals surface area (Å²) in [6, 6.07) is 3.55. The van der Waals surface area contributed by atoms with Gasteiger partial charge in [-0.25, -0.2) is 4.79 Å². The zero-order valence-electron chi connectivity index (χ0n) is 13.0. The summed E-state index contributed by atoms with van der Waals surface area (Å²) in [4.78, 5) is 27.9. The number of furan rings is 1. The predicted molar refractivity (Wildman–Crippen MR) is 90.5 cm³/mol. The minimum atomic E-state index is -0.250. The summed E-state index contributed by atoms with van der Waals surface area (Å²) in [7, 11) is 0. The van der Waals surface area contributed by atoms with E-state index in [2.05, 4.69) is 0 Å². The van der Waals surface area contributed by atoms with Crippen LogP contribution in [-0.4, -0.2) is 9.13 Å². The van der Waals surface area contributed by atoms with Crippen molar-refractivity contribution in [2.45, 2.75) is 45.7 Å². The second-order valence-electron chi connectivity index (χ2n) is 5.89. The van der Waals surface area contributed by atoms with Crippen LogP contribution in [-0.2, 0) is 25.9 Å². The van der Waals surface area contributed by atoms with Gasteiger partial charge in [0.2, 0.25) is 0 Å². The molecule has 1 aliphatic rings. The van der Waals surface area contributed by atoms with Gasteiger partial charge in [-0.3, -0.25) is 13.9 Å². The fraction of sp³-hybridized carbons (Fsp3) is 0.412. The number of nitrogens with zero attached hydrogens (tertiary/aromatic N) is 2. The van der Waals surface area contributed by atoms with E-state index in [9.17, 15) is 9.59 Å². The molecule has 0 atom stereocenters. The minimum absolute atomic E-state index is 0.175. The fourth-order valence-electron chi connectivity index (χ4n) is 3.39. The van der Waals surface area contributed by atoms with Gasteiger partial charge in [0.1, 0.15) is 10.6 Å². The number of aromatic nitrogens is 2. The molecule has 0 spiro atoms. The van der Waals surface area contributed by atoms with Gasteiger partial charge in [0, 0.05) is 11.4 Å². The van der Waals surface area contributed by atoms with Gasteiger partial charge in [0.25, 0.3) is 5.56 Å². The van der Waals surface area contributed by atoms with Gasteiger partial charge in [0.05, 0.1) is 18.2 Å². The van der Waals surface area contributed by atoms with E-state index in [4.69, 9.17) is 4.42 Å². The van der Waals surface area contributed by atoms with Crippen LogP contribution in [0.3, 0.4) is 0 Å². The van der Waals surface area contributed by atoms with E-state index in [1.807, 2.05) is 6.92 Å². The topological polar surface area (TPSA) is 57.1 Å². The Hall–Kier alpha value is -2.08. The van der Waals surface area contributed by atoms with Crippen LogP contribution in [0.5, 0.6) is 0 Å². The Bertz CT molecular complexity index is 976. The van der Waals surface area contributed by atoms with Crippen molar-refractivity contribution in [3.63, 3.8) is 0 Å². The van der Waals surface area contributed by atoms with Crippen LogP contribution >= 0.6 is 11.3 Å². The van der Waals surface area contributed by atoms with Gasteiger partial charge in [-0.2, -0.15) is 0 Å². The molecule has 4 rings (SSSR count). The van der Waals surface area contributed by atoms with E-state index in [0.29, 0.717) is 12.3 Å². The van der Waals surface area contributed by atoms with Crippen LogP contribution in [0, 0.1) is 0 Å². The van der Waals surface area contributed by atoms with E-state index in [-0.39, 0.29) is 17.8 Å². The van der Waals surface area contributed by atoms with Gasteiger partial charge in [-0.1, -0.05) is 0 Å². The van der Waals surface area contributed by atoms with Crippen molar-refractivity contribution in [2.24, 2.45) is 0 Å². The smallest absolute Gasteiger partial charge is 0.332 e. The summed E-state index contributed by atoms with van der Waals surface area (Å²) in [6.07, 6.45) is 5.79. The van der Waals surface area contributed by atoms with E-state index >= 15 is 0 Å². The highest BCUT2D eigenvalue weighted by atomic mass is 32.1. The molecule has 3 heterocycles. The Morgan fingerprint density at radius 1 is 1.22 bits per heavy atom. The minimum Gasteiger partial charge on any atom is -0.467 e. The molecule has 3 aromatic heterocycles. The monoisotopic (exact) mass is 330 g/mol. The van der Waals surface area contributed by atoms with Crippen LogP contribution in [0.1, 0.15) is 36.0 Å². The third kappa shape index (κ3) is 2.20. The molecule has 1 aliphatic carbocycles. The average molecular weight is 330 g/mol. The van der Waals surface area contributed by atoms with Crippen molar-refractivity contribution >= 4 is 21.6 Å². The standard InChI is InChI=1S/C17H18N2O3S/c1-2-18-16-14(12-7-3-4-8-13(12)23-16)15(20)19(17(18)21)10-11-6-5-9-22-11/h5-6,9H,2-4,7-8,10H2,1H3. The second-order valence-corrected chi connectivity index (χ2v) is 6.97. The highest BCUT2D eigenvalue weighted by Crippen LogP contribution is 2.34. The molecular formula is C17H18N2O3S. The highest BCUT2D eigenvalue weighted by molar-refractivity contribution is 7.18. The zero-order chi connectivity index (χ0) is 16.0. The first-order valence-electron chi connectivity index (χ1n) is 8.01. The molecule has 0 saturated heterocycles. The quantitative estimate of drug-likeness (QED) is 0.742. The van der Waals surface area contributed by atoms with Gasteiger partial charge in [-0.15, -0.1) is 11.3 Å². The third-order valence-electron chi connectivity index (χ3n) is 4.53. The SMILES string of the molecule is CCn1c(=O)n(Cc2ccco2)c(=O)c2c3c(sc21)CCCC3. The van der Waals surface area contributed by atoms with E-state index in [1.54, 1.807) is 34.3 Å². The van der Waals surface area contributed by atoms with Crippen molar-refractivity contribution in [1.29, 1.82) is 0 Å². The third-order valence-corrected chi connectivity index (χ3v) is 5.84. The first-order valence-corrected chi connectivity index (χ1v) is 8.82. The van der Waals surface area contributed by atoms with E-state index < -0.39 is 0 Å². The van der Waals surface area contributed by atoms with Crippen LogP contribution < -0.4 is 11.2 Å². The maximum atomic E-state index is 13.0. The Kier molecular flexibility index (Phi) is 3.49. The van der Waals surface area contributed by atoms with Crippen LogP contribution in [0.15, 0.2) is 32.4 Å². The zero-order valence-corrected chi connectivity index (χ0v) is 13.8. The molecule has 0 bridgehead atoms. The summed E-state index contributed by atoms with van der Waals surface area (Å²) in [5.41, 5.74) is 0.738. The Morgan fingerprint density at radius 2 is 2.04 bits per heavy atom. The van der Waals surface area contributed by atoms with Gasteiger partial charge >= 0.3 is 5.69 Å². The summed E-state index contributed by atoms with van der Waals surface area (Å²) in [5.74, 6) is 0.621. The highest BCUT2D eigenvalue weighted by Gasteiger charge is 2.23. The molecule has 120 valence electrons. The molecule has 23 heavy (non-hydrogen) atoms. The van der Waals surface area contributed by atoms with Crippen molar-refractivity contribution in [3.05, 3.63) is 55.4 Å². The number of hydrogen-bond donors (Lipinski definition) is 0. The summed E-state index contributed by atoms with van der Waals surface area (Å²) in [5, 5.41) is 0.748. The first-order chi connectivity index (χ1) is 11.2. The molecule has 0 N–H and O–H groups in total.